The van der Waals surface area contributed by atoms with Crippen molar-refractivity contribution in [2.45, 2.75) is 25.7 Å². The molecule has 0 saturated carbocycles. The molecule has 2 heterocycles. The molecule has 0 unspecified atom stereocenters. The van der Waals surface area contributed by atoms with E-state index < -0.39 is 10.0 Å². The van der Waals surface area contributed by atoms with E-state index in [2.05, 4.69) is 19.8 Å². The molecule has 10 heteroatoms. The number of aromatic nitrogens is 3. The third-order valence-corrected chi connectivity index (χ3v) is 5.52. The smallest absolute Gasteiger partial charge is 0.264 e. The second-order valence-electron chi connectivity index (χ2n) is 5.90. The van der Waals surface area contributed by atoms with Crippen LogP contribution in [0.2, 0.25) is 0 Å². The van der Waals surface area contributed by atoms with Crippen molar-refractivity contribution in [2.75, 3.05) is 18.9 Å². The Morgan fingerprint density at radius 2 is 1.85 bits per heavy atom. The predicted octanol–water partition coefficient (Wildman–Crippen LogP) is 2.81. The molecule has 0 amide bonds. The monoisotopic (exact) mass is 392 g/mol. The largest absolute Gasteiger partial charge is 0.497 e. The van der Waals surface area contributed by atoms with E-state index >= 15 is 0 Å². The average Bonchev–Trinajstić information content (AvgIpc) is 3.16. The maximum absolute atomic E-state index is 13.2. The van der Waals surface area contributed by atoms with Gasteiger partial charge in [-0.1, -0.05) is 5.16 Å². The van der Waals surface area contributed by atoms with Crippen molar-refractivity contribution in [3.05, 3.63) is 35.4 Å². The normalized spacial score (nSPS) is 11.4. The van der Waals surface area contributed by atoms with E-state index in [-0.39, 0.29) is 16.5 Å². The van der Waals surface area contributed by atoms with Gasteiger partial charge in [-0.3, -0.25) is 4.72 Å². The number of sulfonamides is 1. The number of hydrogen-bond acceptors (Lipinski definition) is 7. The highest BCUT2D eigenvalue weighted by atomic mass is 32.2. The van der Waals surface area contributed by atoms with Gasteiger partial charge in [0.05, 0.1) is 25.5 Å². The first-order chi connectivity index (χ1) is 12.8. The summed E-state index contributed by atoms with van der Waals surface area (Å²) in [5.74, 6) is 1.39. The van der Waals surface area contributed by atoms with Crippen LogP contribution in [0.5, 0.6) is 11.5 Å². The lowest BCUT2D eigenvalue weighted by Crippen LogP contribution is -2.15. The lowest BCUT2D eigenvalue weighted by molar-refractivity contribution is 0.405. The van der Waals surface area contributed by atoms with Crippen molar-refractivity contribution in [2.24, 2.45) is 0 Å². The van der Waals surface area contributed by atoms with Gasteiger partial charge in [0.15, 0.2) is 5.82 Å². The van der Waals surface area contributed by atoms with E-state index in [1.807, 2.05) is 0 Å². The molecule has 0 atom stereocenters. The first-order valence-electron chi connectivity index (χ1n) is 8.01. The summed E-state index contributed by atoms with van der Waals surface area (Å²) in [6.45, 7) is 5.07. The number of rotatable bonds is 6. The van der Waals surface area contributed by atoms with E-state index in [0.717, 1.165) is 0 Å². The zero-order valence-corrected chi connectivity index (χ0v) is 16.4. The van der Waals surface area contributed by atoms with Crippen LogP contribution in [-0.2, 0) is 10.0 Å². The molecule has 2 aromatic heterocycles. The number of methoxy groups -OCH3 is 2. The van der Waals surface area contributed by atoms with Crippen LogP contribution in [0.25, 0.3) is 11.5 Å². The Bertz CT molecular complexity index is 1080. The molecule has 0 aliphatic heterocycles. The summed E-state index contributed by atoms with van der Waals surface area (Å²) >= 11 is 0. The summed E-state index contributed by atoms with van der Waals surface area (Å²) in [5.41, 5.74) is 1.65. The minimum absolute atomic E-state index is 0.0357. The Labute approximate surface area is 156 Å². The Balaban J connectivity index is 2.12. The van der Waals surface area contributed by atoms with Gasteiger partial charge in [-0.25, -0.2) is 8.42 Å². The molecule has 0 fully saturated rings. The van der Waals surface area contributed by atoms with E-state index in [0.29, 0.717) is 34.3 Å². The zero-order valence-electron chi connectivity index (χ0n) is 15.6. The van der Waals surface area contributed by atoms with Crippen LogP contribution in [0.15, 0.2) is 27.6 Å². The summed E-state index contributed by atoms with van der Waals surface area (Å²) in [4.78, 5) is 7.22. The minimum atomic E-state index is -3.99. The van der Waals surface area contributed by atoms with E-state index in [9.17, 15) is 8.42 Å². The third kappa shape index (κ3) is 3.47. The van der Waals surface area contributed by atoms with Crippen LogP contribution in [-0.4, -0.2) is 37.8 Å². The van der Waals surface area contributed by atoms with Crippen LogP contribution in [0.4, 0.5) is 5.69 Å². The average molecular weight is 392 g/mol. The molecule has 0 aliphatic rings. The van der Waals surface area contributed by atoms with Crippen LogP contribution in [0.1, 0.15) is 17.2 Å². The molecule has 0 aliphatic carbocycles. The highest BCUT2D eigenvalue weighted by molar-refractivity contribution is 7.93. The molecule has 0 spiro atoms. The third-order valence-electron chi connectivity index (χ3n) is 3.98. The molecule has 0 radical (unpaired) electrons. The maximum atomic E-state index is 13.2. The summed E-state index contributed by atoms with van der Waals surface area (Å²) in [6, 6.07) is 4.84. The fraction of sp³-hybridized carbons (Fsp3) is 0.294. The topological polar surface area (TPSA) is 119 Å². The van der Waals surface area contributed by atoms with Crippen molar-refractivity contribution < 1.29 is 22.4 Å². The molecule has 2 N–H and O–H groups in total. The molecule has 3 rings (SSSR count). The number of anilines is 1. The Hall–Kier alpha value is -3.01. The molecular formula is C17H20N4O5S. The predicted molar refractivity (Wildman–Crippen MR) is 98.7 cm³/mol. The van der Waals surface area contributed by atoms with Crippen molar-refractivity contribution in [1.82, 2.24) is 15.1 Å². The van der Waals surface area contributed by atoms with Crippen molar-refractivity contribution in [3.8, 4) is 23.0 Å². The SMILES string of the molecule is COc1ccc(OC)c(NS(=O)(=O)c2c(C)[nH]c(C)c2-c2nc(C)no2)c1. The molecule has 3 aromatic rings. The Morgan fingerprint density at radius 1 is 1.11 bits per heavy atom. The van der Waals surface area contributed by atoms with Crippen molar-refractivity contribution >= 4 is 15.7 Å². The van der Waals surface area contributed by atoms with Gasteiger partial charge in [-0.15, -0.1) is 0 Å². The molecule has 0 saturated heterocycles. The Morgan fingerprint density at radius 3 is 2.44 bits per heavy atom. The molecule has 144 valence electrons. The lowest BCUT2D eigenvalue weighted by Gasteiger charge is -2.13. The van der Waals surface area contributed by atoms with Gasteiger partial charge < -0.3 is 19.0 Å². The fourth-order valence-electron chi connectivity index (χ4n) is 2.84. The van der Waals surface area contributed by atoms with Gasteiger partial charge >= 0.3 is 0 Å². The maximum Gasteiger partial charge on any atom is 0.264 e. The van der Waals surface area contributed by atoms with Gasteiger partial charge in [-0.05, 0) is 32.9 Å². The molecule has 9 nitrogen and oxygen atoms in total. The van der Waals surface area contributed by atoms with Gasteiger partial charge in [-0.2, -0.15) is 4.98 Å². The van der Waals surface area contributed by atoms with Crippen LogP contribution >= 0.6 is 0 Å². The quantitative estimate of drug-likeness (QED) is 0.662. The summed E-state index contributed by atoms with van der Waals surface area (Å²) in [6.07, 6.45) is 0. The molecule has 27 heavy (non-hydrogen) atoms. The number of nitrogens with one attached hydrogen (secondary N) is 2. The first-order valence-corrected chi connectivity index (χ1v) is 9.50. The van der Waals surface area contributed by atoms with Crippen LogP contribution in [0.3, 0.4) is 0 Å². The highest BCUT2D eigenvalue weighted by Crippen LogP contribution is 2.36. The summed E-state index contributed by atoms with van der Waals surface area (Å²) in [5, 5.41) is 3.75. The second kappa shape index (κ2) is 6.95. The summed E-state index contributed by atoms with van der Waals surface area (Å²) in [7, 11) is -1.04. The van der Waals surface area contributed by atoms with Gasteiger partial charge in [0.25, 0.3) is 15.9 Å². The first kappa shape index (κ1) is 18.8. The molecule has 1 aromatic carbocycles. The zero-order chi connectivity index (χ0) is 19.8. The molecular weight excluding hydrogens is 372 g/mol. The Kier molecular flexibility index (Phi) is 4.83. The van der Waals surface area contributed by atoms with Crippen LogP contribution in [0, 0.1) is 20.8 Å². The number of ether oxygens (including phenoxy) is 2. The lowest BCUT2D eigenvalue weighted by atomic mass is 10.2. The van der Waals surface area contributed by atoms with E-state index in [1.165, 1.54) is 14.2 Å². The van der Waals surface area contributed by atoms with Crippen LogP contribution < -0.4 is 14.2 Å². The van der Waals surface area contributed by atoms with E-state index in [4.69, 9.17) is 14.0 Å². The number of aryl methyl sites for hydroxylation is 3. The van der Waals surface area contributed by atoms with E-state index in [1.54, 1.807) is 39.0 Å². The van der Waals surface area contributed by atoms with Gasteiger partial charge in [0.2, 0.25) is 0 Å². The van der Waals surface area contributed by atoms with Crippen molar-refractivity contribution in [1.29, 1.82) is 0 Å². The minimum Gasteiger partial charge on any atom is -0.497 e. The standard InChI is InChI=1S/C17H20N4O5S/c1-9-15(17-19-11(3)20-26-17)16(10(2)18-9)27(22,23)21-13-8-12(24-4)6-7-14(13)25-5/h6-8,18,21H,1-5H3. The van der Waals surface area contributed by atoms with Gasteiger partial charge in [0.1, 0.15) is 16.4 Å². The number of aromatic amines is 1. The number of H-pyrrole nitrogens is 1. The van der Waals surface area contributed by atoms with Gasteiger partial charge in [0, 0.05) is 17.5 Å². The second-order valence-corrected chi connectivity index (χ2v) is 7.52. The van der Waals surface area contributed by atoms with Crippen molar-refractivity contribution in [3.63, 3.8) is 0 Å². The molecule has 0 bridgehead atoms. The number of hydrogen-bond donors (Lipinski definition) is 2. The summed E-state index contributed by atoms with van der Waals surface area (Å²) < 4.78 is 44.5. The number of benzene rings is 1. The fourth-order valence-corrected chi connectivity index (χ4v) is 4.35. The number of nitrogens with zero attached hydrogens (tertiary/aromatic N) is 2. The highest BCUT2D eigenvalue weighted by Gasteiger charge is 2.29.